The molecular formula is C35H22N4. The minimum absolute atomic E-state index is 0.898. The van der Waals surface area contributed by atoms with Crippen LogP contribution in [0, 0.1) is 0 Å². The van der Waals surface area contributed by atoms with Gasteiger partial charge >= 0.3 is 0 Å². The predicted molar refractivity (Wildman–Crippen MR) is 160 cm³/mol. The van der Waals surface area contributed by atoms with Crippen molar-refractivity contribution in [2.75, 3.05) is 0 Å². The van der Waals surface area contributed by atoms with Crippen LogP contribution in [0.2, 0.25) is 0 Å². The van der Waals surface area contributed by atoms with Crippen LogP contribution in [0.25, 0.3) is 71.8 Å². The van der Waals surface area contributed by atoms with Crippen LogP contribution in [-0.2, 0) is 0 Å². The number of para-hydroxylation sites is 1. The fourth-order valence-corrected chi connectivity index (χ4v) is 5.72. The molecular weight excluding hydrogens is 476 g/mol. The minimum atomic E-state index is 0.898. The van der Waals surface area contributed by atoms with Gasteiger partial charge in [0.25, 0.3) is 0 Å². The van der Waals surface area contributed by atoms with Crippen LogP contribution in [0.15, 0.2) is 134 Å². The third-order valence-electron chi connectivity index (χ3n) is 7.48. The van der Waals surface area contributed by atoms with Crippen LogP contribution in [0.5, 0.6) is 0 Å². The van der Waals surface area contributed by atoms with E-state index in [1.807, 2.05) is 42.7 Å². The van der Waals surface area contributed by atoms with Gasteiger partial charge in [0.1, 0.15) is 5.82 Å². The first kappa shape index (κ1) is 21.7. The van der Waals surface area contributed by atoms with Crippen molar-refractivity contribution < 1.29 is 0 Å². The van der Waals surface area contributed by atoms with Crippen molar-refractivity contribution in [1.82, 2.24) is 19.5 Å². The lowest BCUT2D eigenvalue weighted by Crippen LogP contribution is -1.98. The van der Waals surface area contributed by atoms with Gasteiger partial charge in [-0.25, -0.2) is 4.98 Å². The van der Waals surface area contributed by atoms with Gasteiger partial charge in [0.2, 0.25) is 0 Å². The van der Waals surface area contributed by atoms with Crippen molar-refractivity contribution in [2.45, 2.75) is 0 Å². The minimum Gasteiger partial charge on any atom is -0.293 e. The van der Waals surface area contributed by atoms with Gasteiger partial charge in [-0.2, -0.15) is 0 Å². The van der Waals surface area contributed by atoms with Crippen molar-refractivity contribution in [3.05, 3.63) is 134 Å². The molecule has 4 heteroatoms. The highest BCUT2D eigenvalue weighted by Gasteiger charge is 2.19. The van der Waals surface area contributed by atoms with E-state index < -0.39 is 0 Å². The molecule has 0 fully saturated rings. The SMILES string of the molecule is c1ccc(-c2ccc3c(c2)c2cc(-c4ccccn4)c4ccccc4c2n3-c2ccc3ccccc3n2)nc1. The van der Waals surface area contributed by atoms with E-state index >= 15 is 0 Å². The first-order valence-electron chi connectivity index (χ1n) is 13.0. The first-order chi connectivity index (χ1) is 19.3. The number of hydrogen-bond donors (Lipinski definition) is 0. The van der Waals surface area contributed by atoms with Crippen LogP contribution < -0.4 is 0 Å². The van der Waals surface area contributed by atoms with Gasteiger partial charge in [0.15, 0.2) is 0 Å². The standard InChI is InChI=1S/C35H22N4/c1-4-13-31-23(9-1)16-18-34(38-31)39-33-17-15-24(30-12-5-7-19-36-30)21-28(33)29-22-27(32-14-6-8-20-37-32)25-10-2-3-11-26(25)35(29)39/h1-22H. The summed E-state index contributed by atoms with van der Waals surface area (Å²) in [6.07, 6.45) is 3.70. The number of aromatic nitrogens is 4. The molecule has 8 rings (SSSR count). The predicted octanol–water partition coefficient (Wildman–Crippen LogP) is 8.61. The van der Waals surface area contributed by atoms with Gasteiger partial charge < -0.3 is 0 Å². The van der Waals surface area contributed by atoms with Crippen molar-refractivity contribution in [1.29, 1.82) is 0 Å². The molecule has 0 saturated carbocycles. The van der Waals surface area contributed by atoms with Crippen molar-refractivity contribution in [3.8, 4) is 28.3 Å². The highest BCUT2D eigenvalue weighted by Crippen LogP contribution is 2.41. The third-order valence-corrected chi connectivity index (χ3v) is 7.48. The summed E-state index contributed by atoms with van der Waals surface area (Å²) in [5.74, 6) is 0.898. The lowest BCUT2D eigenvalue weighted by atomic mass is 9.97. The molecule has 4 aromatic heterocycles. The van der Waals surface area contributed by atoms with Crippen LogP contribution >= 0.6 is 0 Å². The smallest absolute Gasteiger partial charge is 0.138 e. The normalized spacial score (nSPS) is 11.6. The molecule has 0 radical (unpaired) electrons. The molecule has 4 aromatic carbocycles. The second kappa shape index (κ2) is 8.61. The van der Waals surface area contributed by atoms with Gasteiger partial charge in [-0.1, -0.05) is 60.7 Å². The van der Waals surface area contributed by atoms with Crippen LogP contribution in [0.3, 0.4) is 0 Å². The van der Waals surface area contributed by atoms with Crippen LogP contribution in [-0.4, -0.2) is 19.5 Å². The van der Waals surface area contributed by atoms with Crippen LogP contribution in [0.4, 0.5) is 0 Å². The maximum Gasteiger partial charge on any atom is 0.138 e. The van der Waals surface area contributed by atoms with E-state index in [0.29, 0.717) is 0 Å². The van der Waals surface area contributed by atoms with Crippen molar-refractivity contribution >= 4 is 43.5 Å². The molecule has 182 valence electrons. The Kier molecular flexibility index (Phi) is 4.79. The summed E-state index contributed by atoms with van der Waals surface area (Å²) in [5, 5.41) is 5.78. The molecule has 0 aliphatic carbocycles. The monoisotopic (exact) mass is 498 g/mol. The highest BCUT2D eigenvalue weighted by molar-refractivity contribution is 6.22. The molecule has 4 heterocycles. The Morgan fingerprint density at radius 3 is 2.08 bits per heavy atom. The van der Waals surface area contributed by atoms with E-state index in [0.717, 1.165) is 61.0 Å². The van der Waals surface area contributed by atoms with E-state index in [1.54, 1.807) is 0 Å². The second-order valence-electron chi connectivity index (χ2n) is 9.73. The van der Waals surface area contributed by atoms with E-state index in [2.05, 4.69) is 101 Å². The quantitative estimate of drug-likeness (QED) is 0.245. The van der Waals surface area contributed by atoms with Crippen molar-refractivity contribution in [2.24, 2.45) is 0 Å². The maximum atomic E-state index is 5.12. The number of pyridine rings is 3. The fraction of sp³-hybridized carbons (Fsp3) is 0. The van der Waals surface area contributed by atoms with Gasteiger partial charge in [0, 0.05) is 45.1 Å². The number of rotatable bonds is 3. The Morgan fingerprint density at radius 1 is 0.513 bits per heavy atom. The molecule has 0 bridgehead atoms. The van der Waals surface area contributed by atoms with Gasteiger partial charge in [-0.05, 0) is 66.0 Å². The Labute approximate surface area is 224 Å². The van der Waals surface area contributed by atoms with E-state index in [9.17, 15) is 0 Å². The largest absolute Gasteiger partial charge is 0.293 e. The zero-order valence-electron chi connectivity index (χ0n) is 21.0. The molecule has 0 spiro atoms. The first-order valence-corrected chi connectivity index (χ1v) is 13.0. The van der Waals surface area contributed by atoms with E-state index in [4.69, 9.17) is 9.97 Å². The highest BCUT2D eigenvalue weighted by atomic mass is 15.1. The molecule has 39 heavy (non-hydrogen) atoms. The van der Waals surface area contributed by atoms with Crippen molar-refractivity contribution in [3.63, 3.8) is 0 Å². The maximum absolute atomic E-state index is 5.12. The third kappa shape index (κ3) is 3.42. The second-order valence-corrected chi connectivity index (χ2v) is 9.73. The molecule has 0 N–H and O–H groups in total. The van der Waals surface area contributed by atoms with E-state index in [1.165, 1.54) is 10.8 Å². The molecule has 0 saturated heterocycles. The van der Waals surface area contributed by atoms with Gasteiger partial charge in [0.05, 0.1) is 27.9 Å². The Bertz CT molecular complexity index is 2160. The summed E-state index contributed by atoms with van der Waals surface area (Å²) < 4.78 is 2.31. The lowest BCUT2D eigenvalue weighted by Gasteiger charge is -2.12. The Balaban J connectivity index is 1.54. The summed E-state index contributed by atoms with van der Waals surface area (Å²) in [5.41, 5.74) is 7.34. The average molecular weight is 499 g/mol. The topological polar surface area (TPSA) is 43.6 Å². The summed E-state index contributed by atoms with van der Waals surface area (Å²) >= 11 is 0. The molecule has 0 amide bonds. The molecule has 4 nitrogen and oxygen atoms in total. The summed E-state index contributed by atoms with van der Waals surface area (Å²) in [6, 6.07) is 42.2. The van der Waals surface area contributed by atoms with Gasteiger partial charge in [-0.3, -0.25) is 14.5 Å². The number of nitrogens with zero attached hydrogens (tertiary/aromatic N) is 4. The zero-order chi connectivity index (χ0) is 25.8. The Morgan fingerprint density at radius 2 is 1.26 bits per heavy atom. The Hall–Kier alpha value is -5.35. The summed E-state index contributed by atoms with van der Waals surface area (Å²) in [7, 11) is 0. The zero-order valence-corrected chi connectivity index (χ0v) is 21.0. The summed E-state index contributed by atoms with van der Waals surface area (Å²) in [6.45, 7) is 0. The number of fused-ring (bicyclic) bond motifs is 6. The van der Waals surface area contributed by atoms with Crippen LogP contribution in [0.1, 0.15) is 0 Å². The van der Waals surface area contributed by atoms with Gasteiger partial charge in [-0.15, -0.1) is 0 Å². The number of hydrogen-bond acceptors (Lipinski definition) is 3. The summed E-state index contributed by atoms with van der Waals surface area (Å²) in [4.78, 5) is 14.5. The molecule has 0 unspecified atom stereocenters. The fourth-order valence-electron chi connectivity index (χ4n) is 5.72. The molecule has 0 atom stereocenters. The average Bonchev–Trinajstić information content (AvgIpc) is 3.35. The molecule has 0 aliphatic heterocycles. The van der Waals surface area contributed by atoms with E-state index in [-0.39, 0.29) is 0 Å². The number of benzene rings is 4. The lowest BCUT2D eigenvalue weighted by molar-refractivity contribution is 1.11. The molecule has 0 aliphatic rings. The molecule has 8 aromatic rings.